The van der Waals surface area contributed by atoms with Gasteiger partial charge in [0.2, 0.25) is 0 Å². The van der Waals surface area contributed by atoms with Crippen LogP contribution >= 0.6 is 15.9 Å². The number of carboxylic acid groups (broad SMARTS) is 1. The van der Waals surface area contributed by atoms with Crippen molar-refractivity contribution in [3.8, 4) is 5.75 Å². The average Bonchev–Trinajstić information content (AvgIpc) is 2.61. The lowest BCUT2D eigenvalue weighted by atomic mass is 10.1. The van der Waals surface area contributed by atoms with Crippen LogP contribution in [0.1, 0.15) is 23.2 Å². The van der Waals surface area contributed by atoms with E-state index >= 15 is 0 Å². The number of esters is 1. The van der Waals surface area contributed by atoms with E-state index in [1.807, 2.05) is 14.1 Å². The molecule has 1 saturated heterocycles. The summed E-state index contributed by atoms with van der Waals surface area (Å²) >= 11 is 3.45. The first-order valence-corrected chi connectivity index (χ1v) is 8.88. The van der Waals surface area contributed by atoms with Gasteiger partial charge < -0.3 is 24.4 Å². The number of nitrogens with zero attached hydrogens (tertiary/aromatic N) is 3. The smallest absolute Gasteiger partial charge is 0.407 e. The van der Waals surface area contributed by atoms with E-state index in [2.05, 4.69) is 20.9 Å². The molecule has 26 heavy (non-hydrogen) atoms. The Morgan fingerprint density at radius 3 is 2.54 bits per heavy atom. The average molecular weight is 428 g/mol. The van der Waals surface area contributed by atoms with Crippen molar-refractivity contribution in [2.45, 2.75) is 18.9 Å². The number of piperidine rings is 1. The number of ether oxygens (including phenoxy) is 2. The molecule has 0 saturated carbocycles. The molecule has 1 aromatic carbocycles. The quantitative estimate of drug-likeness (QED) is 0.441. The molecule has 2 rings (SSSR count). The minimum Gasteiger partial charge on any atom is -0.489 e. The summed E-state index contributed by atoms with van der Waals surface area (Å²) in [5.74, 6) is -0.00284. The molecule has 1 fully saturated rings. The third-order valence-corrected chi connectivity index (χ3v) is 4.51. The van der Waals surface area contributed by atoms with Crippen molar-refractivity contribution in [3.63, 3.8) is 0 Å². The number of aliphatic imine (C=N–C) groups is 1. The van der Waals surface area contributed by atoms with Crippen molar-refractivity contribution in [3.05, 3.63) is 22.2 Å². The van der Waals surface area contributed by atoms with E-state index < -0.39 is 12.1 Å². The van der Waals surface area contributed by atoms with Gasteiger partial charge in [-0.1, -0.05) is 0 Å². The first-order valence-electron chi connectivity index (χ1n) is 8.08. The number of carbonyl (C=O) groups is 2. The number of likely N-dealkylation sites (tertiary alicyclic amines) is 1. The van der Waals surface area contributed by atoms with Gasteiger partial charge in [-0.25, -0.2) is 14.6 Å². The molecule has 0 atom stereocenters. The normalized spacial score (nSPS) is 15.2. The van der Waals surface area contributed by atoms with Crippen LogP contribution in [0, 0.1) is 0 Å². The highest BCUT2D eigenvalue weighted by Crippen LogP contribution is 2.35. The fourth-order valence-corrected chi connectivity index (χ4v) is 2.96. The second-order valence-electron chi connectivity index (χ2n) is 6.09. The Morgan fingerprint density at radius 1 is 1.35 bits per heavy atom. The second kappa shape index (κ2) is 8.88. The molecule has 0 aliphatic carbocycles. The van der Waals surface area contributed by atoms with Crippen LogP contribution in [0.15, 0.2) is 21.6 Å². The summed E-state index contributed by atoms with van der Waals surface area (Å²) in [6, 6.07) is 3.30. The van der Waals surface area contributed by atoms with E-state index in [0.717, 1.165) is 0 Å². The number of halogens is 1. The van der Waals surface area contributed by atoms with Crippen LogP contribution < -0.4 is 4.74 Å². The van der Waals surface area contributed by atoms with Gasteiger partial charge in [0.25, 0.3) is 0 Å². The van der Waals surface area contributed by atoms with E-state index in [4.69, 9.17) is 14.6 Å². The van der Waals surface area contributed by atoms with Gasteiger partial charge in [-0.3, -0.25) is 0 Å². The first-order chi connectivity index (χ1) is 12.3. The number of benzene rings is 1. The third kappa shape index (κ3) is 5.10. The van der Waals surface area contributed by atoms with E-state index in [1.54, 1.807) is 23.4 Å². The molecule has 1 N–H and O–H groups in total. The van der Waals surface area contributed by atoms with Gasteiger partial charge in [-0.2, -0.15) is 0 Å². The van der Waals surface area contributed by atoms with Crippen LogP contribution in [0.25, 0.3) is 0 Å². The molecule has 0 spiro atoms. The molecular formula is C17H22BrN3O5. The molecule has 9 heteroatoms. The van der Waals surface area contributed by atoms with Gasteiger partial charge in [-0.05, 0) is 28.1 Å². The Morgan fingerprint density at radius 2 is 2.00 bits per heavy atom. The lowest BCUT2D eigenvalue weighted by molar-refractivity contribution is 0.0599. The maximum Gasteiger partial charge on any atom is 0.407 e. The zero-order chi connectivity index (χ0) is 19.3. The van der Waals surface area contributed by atoms with Crippen LogP contribution in [-0.4, -0.2) is 73.7 Å². The number of rotatable bonds is 5. The Hall–Kier alpha value is -2.29. The maximum atomic E-state index is 12.1. The predicted molar refractivity (Wildman–Crippen MR) is 101 cm³/mol. The molecule has 1 aromatic rings. The van der Waals surface area contributed by atoms with Crippen LogP contribution in [0.5, 0.6) is 5.75 Å². The zero-order valence-electron chi connectivity index (χ0n) is 14.9. The molecule has 1 heterocycles. The van der Waals surface area contributed by atoms with Crippen LogP contribution in [0.4, 0.5) is 10.5 Å². The number of hydrogen-bond donors (Lipinski definition) is 1. The highest BCUT2D eigenvalue weighted by molar-refractivity contribution is 9.10. The van der Waals surface area contributed by atoms with Gasteiger partial charge in [0.05, 0.1) is 29.2 Å². The number of hydrogen-bond acceptors (Lipinski definition) is 5. The van der Waals surface area contributed by atoms with Crippen LogP contribution in [0.3, 0.4) is 0 Å². The van der Waals surface area contributed by atoms with E-state index in [9.17, 15) is 9.59 Å². The summed E-state index contributed by atoms with van der Waals surface area (Å²) in [6.45, 7) is 0.847. The van der Waals surface area contributed by atoms with Crippen molar-refractivity contribution in [2.75, 3.05) is 34.3 Å². The fourth-order valence-electron chi connectivity index (χ4n) is 2.54. The first kappa shape index (κ1) is 20.0. The minimum absolute atomic E-state index is 0.122. The molecule has 1 amide bonds. The van der Waals surface area contributed by atoms with Crippen molar-refractivity contribution < 1.29 is 24.2 Å². The van der Waals surface area contributed by atoms with E-state index in [0.29, 0.717) is 47.4 Å². The molecule has 142 valence electrons. The number of amides is 1. The SMILES string of the molecule is COC(=O)c1cc(OC2CCN(C(=O)O)CC2)c(Br)cc1/N=C/N(C)C. The molecule has 0 bridgehead atoms. The highest BCUT2D eigenvalue weighted by atomic mass is 79.9. The van der Waals surface area contributed by atoms with E-state index in [-0.39, 0.29) is 6.10 Å². The lowest BCUT2D eigenvalue weighted by Gasteiger charge is -2.30. The molecule has 0 unspecified atom stereocenters. The van der Waals surface area contributed by atoms with Crippen molar-refractivity contribution >= 4 is 40.0 Å². The summed E-state index contributed by atoms with van der Waals surface area (Å²) in [5, 5.41) is 9.01. The molecule has 1 aliphatic rings. The Kier molecular flexibility index (Phi) is 6.84. The Balaban J connectivity index is 2.21. The predicted octanol–water partition coefficient (Wildman–Crippen LogP) is 2.98. The van der Waals surface area contributed by atoms with Gasteiger partial charge in [0.1, 0.15) is 11.9 Å². The van der Waals surface area contributed by atoms with Gasteiger partial charge in [0.15, 0.2) is 0 Å². The topological polar surface area (TPSA) is 91.7 Å². The van der Waals surface area contributed by atoms with Gasteiger partial charge in [0, 0.05) is 40.0 Å². The lowest BCUT2D eigenvalue weighted by Crippen LogP contribution is -2.41. The standard InChI is InChI=1S/C17H22BrN3O5/c1-20(2)10-19-14-9-13(18)15(8-12(14)16(22)25-3)26-11-4-6-21(7-5-11)17(23)24/h8-11H,4-7H2,1-3H3,(H,23,24)/b19-10+. The second-order valence-corrected chi connectivity index (χ2v) is 6.94. The zero-order valence-corrected chi connectivity index (χ0v) is 16.5. The molecular weight excluding hydrogens is 406 g/mol. The third-order valence-electron chi connectivity index (χ3n) is 3.89. The van der Waals surface area contributed by atoms with Crippen molar-refractivity contribution in [2.24, 2.45) is 4.99 Å². The molecule has 0 aromatic heterocycles. The van der Waals surface area contributed by atoms with Crippen molar-refractivity contribution in [1.82, 2.24) is 9.80 Å². The van der Waals surface area contributed by atoms with Gasteiger partial charge in [-0.15, -0.1) is 0 Å². The summed E-state index contributed by atoms with van der Waals surface area (Å²) in [5.41, 5.74) is 0.761. The van der Waals surface area contributed by atoms with Gasteiger partial charge >= 0.3 is 12.1 Å². The van der Waals surface area contributed by atoms with Crippen molar-refractivity contribution in [1.29, 1.82) is 0 Å². The highest BCUT2D eigenvalue weighted by Gasteiger charge is 2.25. The largest absolute Gasteiger partial charge is 0.489 e. The fraction of sp³-hybridized carbons (Fsp3) is 0.471. The number of carbonyl (C=O) groups excluding carboxylic acids is 1. The Bertz CT molecular complexity index is 700. The van der Waals surface area contributed by atoms with E-state index in [1.165, 1.54) is 12.0 Å². The summed E-state index contributed by atoms with van der Waals surface area (Å²) in [6.07, 6.45) is 1.74. The number of methoxy groups -OCH3 is 1. The maximum absolute atomic E-state index is 12.1. The molecule has 1 aliphatic heterocycles. The minimum atomic E-state index is -0.916. The summed E-state index contributed by atoms with van der Waals surface area (Å²) in [7, 11) is 4.97. The summed E-state index contributed by atoms with van der Waals surface area (Å²) in [4.78, 5) is 30.5. The summed E-state index contributed by atoms with van der Waals surface area (Å²) < 4.78 is 11.5. The Labute approximate surface area is 160 Å². The monoisotopic (exact) mass is 427 g/mol. The molecule has 0 radical (unpaired) electrons. The molecule has 8 nitrogen and oxygen atoms in total. The van der Waals surface area contributed by atoms with Crippen LogP contribution in [0.2, 0.25) is 0 Å². The van der Waals surface area contributed by atoms with Crippen LogP contribution in [-0.2, 0) is 4.74 Å².